The predicted molar refractivity (Wildman–Crippen MR) is 75.4 cm³/mol. The molecule has 0 saturated heterocycles. The predicted octanol–water partition coefficient (Wildman–Crippen LogP) is 2.08. The standard InChI is InChI=1S/C13H15N3O2S/c1-9-5-6-11(8-12(9)14)19(17,18)16-13-4-3-7-15-10(13)2/h3-8,16H,14H2,1-2H3. The summed E-state index contributed by atoms with van der Waals surface area (Å²) in [4.78, 5) is 4.17. The molecule has 2 rings (SSSR count). The van der Waals surface area contributed by atoms with Gasteiger partial charge in [0.2, 0.25) is 0 Å². The Kier molecular flexibility index (Phi) is 3.44. The van der Waals surface area contributed by atoms with Crippen LogP contribution < -0.4 is 10.5 Å². The molecular weight excluding hydrogens is 262 g/mol. The minimum atomic E-state index is -3.65. The highest BCUT2D eigenvalue weighted by Crippen LogP contribution is 2.21. The largest absolute Gasteiger partial charge is 0.398 e. The number of pyridine rings is 1. The molecule has 2 aromatic rings. The van der Waals surface area contributed by atoms with Crippen molar-refractivity contribution < 1.29 is 8.42 Å². The fourth-order valence-corrected chi connectivity index (χ4v) is 2.73. The lowest BCUT2D eigenvalue weighted by molar-refractivity contribution is 0.601. The van der Waals surface area contributed by atoms with Crippen LogP contribution in [0.3, 0.4) is 0 Å². The Balaban J connectivity index is 2.38. The minimum Gasteiger partial charge on any atom is -0.398 e. The van der Waals surface area contributed by atoms with Gasteiger partial charge < -0.3 is 5.73 Å². The summed E-state index contributed by atoms with van der Waals surface area (Å²) in [5, 5.41) is 0. The molecule has 19 heavy (non-hydrogen) atoms. The highest BCUT2D eigenvalue weighted by molar-refractivity contribution is 7.92. The van der Waals surface area contributed by atoms with E-state index < -0.39 is 10.0 Å². The highest BCUT2D eigenvalue weighted by Gasteiger charge is 2.16. The van der Waals surface area contributed by atoms with Crippen LogP contribution >= 0.6 is 0 Å². The van der Waals surface area contributed by atoms with Crippen molar-refractivity contribution in [3.8, 4) is 0 Å². The maximum atomic E-state index is 12.2. The maximum absolute atomic E-state index is 12.2. The smallest absolute Gasteiger partial charge is 0.262 e. The van der Waals surface area contributed by atoms with Gasteiger partial charge in [-0.15, -0.1) is 0 Å². The lowest BCUT2D eigenvalue weighted by Crippen LogP contribution is -2.14. The van der Waals surface area contributed by atoms with Gasteiger partial charge in [0.1, 0.15) is 0 Å². The number of nitrogens with two attached hydrogens (primary N) is 1. The first kappa shape index (κ1) is 13.4. The van der Waals surface area contributed by atoms with E-state index in [9.17, 15) is 8.42 Å². The normalized spacial score (nSPS) is 11.3. The molecule has 1 heterocycles. The van der Waals surface area contributed by atoms with Gasteiger partial charge in [-0.05, 0) is 43.7 Å². The fourth-order valence-electron chi connectivity index (χ4n) is 1.58. The molecule has 0 radical (unpaired) electrons. The van der Waals surface area contributed by atoms with Crippen LogP contribution in [0.1, 0.15) is 11.3 Å². The van der Waals surface area contributed by atoms with E-state index in [2.05, 4.69) is 9.71 Å². The SMILES string of the molecule is Cc1ccc(S(=O)(=O)Nc2cccnc2C)cc1N. The molecule has 0 bridgehead atoms. The van der Waals surface area contributed by atoms with Gasteiger partial charge in [-0.3, -0.25) is 9.71 Å². The van der Waals surface area contributed by atoms with Gasteiger partial charge in [-0.1, -0.05) is 6.07 Å². The number of hydrogen-bond acceptors (Lipinski definition) is 4. The summed E-state index contributed by atoms with van der Waals surface area (Å²) in [6, 6.07) is 7.99. The first-order chi connectivity index (χ1) is 8.90. The number of anilines is 2. The first-order valence-electron chi connectivity index (χ1n) is 5.71. The lowest BCUT2D eigenvalue weighted by Gasteiger charge is -2.10. The van der Waals surface area contributed by atoms with Crippen molar-refractivity contribution in [3.63, 3.8) is 0 Å². The maximum Gasteiger partial charge on any atom is 0.262 e. The molecular formula is C13H15N3O2S. The van der Waals surface area contributed by atoms with E-state index >= 15 is 0 Å². The minimum absolute atomic E-state index is 0.138. The van der Waals surface area contributed by atoms with Crippen LogP contribution in [0, 0.1) is 13.8 Å². The Hall–Kier alpha value is -2.08. The molecule has 3 N–H and O–H groups in total. The van der Waals surface area contributed by atoms with Crippen molar-refractivity contribution in [2.75, 3.05) is 10.5 Å². The molecule has 0 spiro atoms. The van der Waals surface area contributed by atoms with Crippen molar-refractivity contribution in [1.29, 1.82) is 0 Å². The molecule has 6 heteroatoms. The third-order valence-electron chi connectivity index (χ3n) is 2.81. The number of aryl methyl sites for hydroxylation is 2. The average molecular weight is 277 g/mol. The summed E-state index contributed by atoms with van der Waals surface area (Å²) in [7, 11) is -3.65. The Labute approximate surface area is 112 Å². The lowest BCUT2D eigenvalue weighted by atomic mass is 10.2. The van der Waals surface area contributed by atoms with E-state index in [4.69, 9.17) is 5.73 Å². The number of nitrogens with zero attached hydrogens (tertiary/aromatic N) is 1. The van der Waals surface area contributed by atoms with E-state index in [1.807, 2.05) is 6.92 Å². The van der Waals surface area contributed by atoms with E-state index in [-0.39, 0.29) is 4.90 Å². The number of sulfonamides is 1. The molecule has 0 atom stereocenters. The van der Waals surface area contributed by atoms with Crippen LogP contribution in [-0.2, 0) is 10.0 Å². The second-order valence-corrected chi connectivity index (χ2v) is 5.94. The Morgan fingerprint density at radius 2 is 1.95 bits per heavy atom. The van der Waals surface area contributed by atoms with Crippen LogP contribution in [0.4, 0.5) is 11.4 Å². The second-order valence-electron chi connectivity index (χ2n) is 4.26. The van der Waals surface area contributed by atoms with E-state index in [0.717, 1.165) is 5.56 Å². The van der Waals surface area contributed by atoms with Crippen molar-refractivity contribution >= 4 is 21.4 Å². The average Bonchev–Trinajstić information content (AvgIpc) is 2.35. The van der Waals surface area contributed by atoms with Gasteiger partial charge in [0.25, 0.3) is 10.0 Å². The topological polar surface area (TPSA) is 85.1 Å². The number of nitrogens with one attached hydrogen (secondary N) is 1. The third-order valence-corrected chi connectivity index (χ3v) is 4.18. The van der Waals surface area contributed by atoms with Gasteiger partial charge in [-0.25, -0.2) is 8.42 Å². The van der Waals surface area contributed by atoms with Crippen molar-refractivity contribution in [3.05, 3.63) is 47.8 Å². The fraction of sp³-hybridized carbons (Fsp3) is 0.154. The molecule has 1 aromatic carbocycles. The molecule has 1 aromatic heterocycles. The molecule has 0 aliphatic rings. The van der Waals surface area contributed by atoms with Crippen molar-refractivity contribution in [2.45, 2.75) is 18.7 Å². The number of hydrogen-bond donors (Lipinski definition) is 2. The highest BCUT2D eigenvalue weighted by atomic mass is 32.2. The molecule has 0 amide bonds. The van der Waals surface area contributed by atoms with Gasteiger partial charge in [0, 0.05) is 11.9 Å². The van der Waals surface area contributed by atoms with Crippen LogP contribution in [0.5, 0.6) is 0 Å². The van der Waals surface area contributed by atoms with E-state index in [1.54, 1.807) is 31.3 Å². The molecule has 0 unspecified atom stereocenters. The molecule has 5 nitrogen and oxygen atoms in total. The first-order valence-corrected chi connectivity index (χ1v) is 7.19. The monoisotopic (exact) mass is 277 g/mol. The third kappa shape index (κ3) is 2.85. The van der Waals surface area contributed by atoms with Gasteiger partial charge in [-0.2, -0.15) is 0 Å². The van der Waals surface area contributed by atoms with Crippen LogP contribution in [-0.4, -0.2) is 13.4 Å². The second kappa shape index (κ2) is 4.89. The summed E-state index contributed by atoms with van der Waals surface area (Å²) in [5.74, 6) is 0. The van der Waals surface area contributed by atoms with Crippen molar-refractivity contribution in [1.82, 2.24) is 4.98 Å². The summed E-state index contributed by atoms with van der Waals surface area (Å²) < 4.78 is 26.9. The van der Waals surface area contributed by atoms with Crippen molar-refractivity contribution in [2.24, 2.45) is 0 Å². The number of nitrogen functional groups attached to an aromatic ring is 1. The molecule has 0 aliphatic heterocycles. The zero-order valence-corrected chi connectivity index (χ0v) is 11.5. The van der Waals surface area contributed by atoms with Crippen LogP contribution in [0.15, 0.2) is 41.4 Å². The zero-order valence-electron chi connectivity index (χ0n) is 10.7. The van der Waals surface area contributed by atoms with E-state index in [1.165, 1.54) is 12.1 Å². The summed E-state index contributed by atoms with van der Waals surface area (Å²) in [6.45, 7) is 3.56. The number of benzene rings is 1. The summed E-state index contributed by atoms with van der Waals surface area (Å²) in [5.41, 5.74) is 8.11. The van der Waals surface area contributed by atoms with Gasteiger partial charge in [0.15, 0.2) is 0 Å². The number of aromatic nitrogens is 1. The number of rotatable bonds is 3. The zero-order chi connectivity index (χ0) is 14.0. The quantitative estimate of drug-likeness (QED) is 0.841. The van der Waals surface area contributed by atoms with Crippen LogP contribution in [0.2, 0.25) is 0 Å². The molecule has 100 valence electrons. The Bertz CT molecular complexity index is 712. The molecule has 0 aliphatic carbocycles. The van der Waals surface area contributed by atoms with E-state index in [0.29, 0.717) is 17.1 Å². The molecule has 0 fully saturated rings. The van der Waals surface area contributed by atoms with Crippen LogP contribution in [0.25, 0.3) is 0 Å². The Morgan fingerprint density at radius 1 is 1.21 bits per heavy atom. The van der Waals surface area contributed by atoms with Gasteiger partial charge in [0.05, 0.1) is 16.3 Å². The Morgan fingerprint density at radius 3 is 2.58 bits per heavy atom. The van der Waals surface area contributed by atoms with Gasteiger partial charge >= 0.3 is 0 Å². The molecule has 0 saturated carbocycles. The summed E-state index contributed by atoms with van der Waals surface area (Å²) >= 11 is 0. The summed E-state index contributed by atoms with van der Waals surface area (Å²) in [6.07, 6.45) is 1.61.